The van der Waals surface area contributed by atoms with E-state index in [1.54, 1.807) is 0 Å². The maximum Gasteiger partial charge on any atom is 0.145 e. The summed E-state index contributed by atoms with van der Waals surface area (Å²) in [6.45, 7) is 0. The highest BCUT2D eigenvalue weighted by atomic mass is 16.3. The van der Waals surface area contributed by atoms with Crippen molar-refractivity contribution in [2.75, 3.05) is 4.90 Å². The Morgan fingerprint density at radius 1 is 0.325 bits per heavy atom. The molecule has 0 amide bonds. The van der Waals surface area contributed by atoms with Gasteiger partial charge < -0.3 is 18.3 Å². The van der Waals surface area contributed by atoms with E-state index in [-0.39, 0.29) is 0 Å². The van der Waals surface area contributed by atoms with Crippen LogP contribution in [0.3, 0.4) is 0 Å². The van der Waals surface area contributed by atoms with E-state index < -0.39 is 5.41 Å². The summed E-state index contributed by atoms with van der Waals surface area (Å²) in [5.74, 6) is 0. The third-order valence-corrected chi connectivity index (χ3v) is 16.3. The first-order valence-electron chi connectivity index (χ1n) is 26.4. The molecule has 1 aliphatic rings. The topological polar surface area (TPSA) is 34.5 Å². The van der Waals surface area contributed by atoms with Crippen molar-refractivity contribution in [3.63, 3.8) is 0 Å². The normalized spacial score (nSPS) is 12.8. The lowest BCUT2D eigenvalue weighted by Crippen LogP contribution is -2.28. The molecule has 0 spiro atoms. The lowest BCUT2D eigenvalue weighted by Gasteiger charge is -2.35. The third kappa shape index (κ3) is 6.46. The van der Waals surface area contributed by atoms with Crippen molar-refractivity contribution in [2.24, 2.45) is 0 Å². The van der Waals surface area contributed by atoms with E-state index in [2.05, 4.69) is 276 Å². The standard InChI is InChI=1S/C73H46N2O2/c1-4-18-47(19-5-1)48-32-36-52(37-33-48)74(55-40-42-57-56-24-10-14-28-64(56)73(65(57)45-55,50-20-6-2-7-21-50)51-22-8-3-9-23-51)53-38-34-49(35-39-53)61-46-63-58-25-11-15-29-66(58)75(71(63)70-60-27-13-17-31-68(60)77-72(61)70)54-41-43-69-62(44-54)59-26-12-16-30-67(59)76-69/h1-46H. The van der Waals surface area contributed by atoms with E-state index in [0.29, 0.717) is 0 Å². The zero-order valence-corrected chi connectivity index (χ0v) is 41.8. The van der Waals surface area contributed by atoms with Crippen LogP contribution in [-0.2, 0) is 5.41 Å². The first kappa shape index (κ1) is 43.3. The number of rotatable bonds is 8. The molecule has 16 rings (SSSR count). The monoisotopic (exact) mass is 982 g/mol. The van der Waals surface area contributed by atoms with Crippen LogP contribution >= 0.6 is 0 Å². The predicted molar refractivity (Wildman–Crippen MR) is 318 cm³/mol. The van der Waals surface area contributed by atoms with E-state index in [9.17, 15) is 0 Å². The number of anilines is 3. The third-order valence-electron chi connectivity index (χ3n) is 16.3. The van der Waals surface area contributed by atoms with Gasteiger partial charge in [0.25, 0.3) is 0 Å². The molecule has 0 N–H and O–H groups in total. The summed E-state index contributed by atoms with van der Waals surface area (Å²) in [6.07, 6.45) is 0. The average molecular weight is 983 g/mol. The van der Waals surface area contributed by atoms with Crippen LogP contribution in [0.15, 0.2) is 288 Å². The number of hydrogen-bond donors (Lipinski definition) is 0. The van der Waals surface area contributed by atoms with Crippen LogP contribution in [0.1, 0.15) is 22.3 Å². The fourth-order valence-corrected chi connectivity index (χ4v) is 12.9. The number of benzene rings is 12. The van der Waals surface area contributed by atoms with Crippen molar-refractivity contribution in [3.8, 4) is 39.1 Å². The van der Waals surface area contributed by atoms with Gasteiger partial charge in [-0.1, -0.05) is 200 Å². The summed E-state index contributed by atoms with van der Waals surface area (Å²) in [6, 6.07) is 101. The van der Waals surface area contributed by atoms with Gasteiger partial charge in [0, 0.05) is 55.2 Å². The summed E-state index contributed by atoms with van der Waals surface area (Å²) < 4.78 is 15.8. The molecule has 4 nitrogen and oxygen atoms in total. The van der Waals surface area contributed by atoms with Crippen molar-refractivity contribution < 1.29 is 8.83 Å². The molecule has 1 aliphatic carbocycles. The summed E-state index contributed by atoms with van der Waals surface area (Å²) in [7, 11) is 0. The molecule has 0 bridgehead atoms. The Kier molecular flexibility index (Phi) is 9.52. The average Bonchev–Trinajstić information content (AvgIpc) is 4.46. The summed E-state index contributed by atoms with van der Waals surface area (Å²) in [5, 5.41) is 6.70. The maximum absolute atomic E-state index is 7.04. The first-order chi connectivity index (χ1) is 38.2. The molecule has 3 aromatic heterocycles. The minimum atomic E-state index is -0.544. The maximum atomic E-state index is 7.04. The smallest absolute Gasteiger partial charge is 0.145 e. The zero-order valence-electron chi connectivity index (χ0n) is 41.8. The fraction of sp³-hybridized carbons (Fsp3) is 0.0137. The van der Waals surface area contributed by atoms with Crippen LogP contribution in [0, 0.1) is 0 Å². The molecule has 0 saturated heterocycles. The number of nitrogens with zero attached hydrogens (tertiary/aromatic N) is 2. The van der Waals surface area contributed by atoms with Crippen molar-refractivity contribution in [3.05, 3.63) is 301 Å². The number of aromatic nitrogens is 1. The second-order valence-corrected chi connectivity index (χ2v) is 20.3. The molecule has 0 unspecified atom stereocenters. The largest absolute Gasteiger partial charge is 0.456 e. The van der Waals surface area contributed by atoms with E-state index in [0.717, 1.165) is 94.2 Å². The minimum Gasteiger partial charge on any atom is -0.456 e. The van der Waals surface area contributed by atoms with Crippen molar-refractivity contribution >= 4 is 82.7 Å². The molecule has 0 atom stereocenters. The summed E-state index contributed by atoms with van der Waals surface area (Å²) in [4.78, 5) is 2.41. The van der Waals surface area contributed by atoms with E-state index in [4.69, 9.17) is 8.83 Å². The molecule has 77 heavy (non-hydrogen) atoms. The van der Waals surface area contributed by atoms with Crippen molar-refractivity contribution in [2.45, 2.75) is 5.41 Å². The highest BCUT2D eigenvalue weighted by Crippen LogP contribution is 2.57. The van der Waals surface area contributed by atoms with Crippen LogP contribution < -0.4 is 4.90 Å². The Labute approximate surface area is 444 Å². The van der Waals surface area contributed by atoms with Crippen molar-refractivity contribution in [1.29, 1.82) is 0 Å². The molecule has 0 radical (unpaired) electrons. The van der Waals surface area contributed by atoms with Crippen LogP contribution in [-0.4, -0.2) is 4.57 Å². The van der Waals surface area contributed by atoms with Crippen molar-refractivity contribution in [1.82, 2.24) is 4.57 Å². The van der Waals surface area contributed by atoms with Crippen LogP contribution in [0.4, 0.5) is 17.1 Å². The van der Waals surface area contributed by atoms with Gasteiger partial charge in [-0.05, 0) is 129 Å². The minimum absolute atomic E-state index is 0.544. The Balaban J connectivity index is 0.895. The summed E-state index contributed by atoms with van der Waals surface area (Å²) >= 11 is 0. The van der Waals surface area contributed by atoms with Gasteiger partial charge in [0.05, 0.1) is 21.8 Å². The lowest BCUT2D eigenvalue weighted by atomic mass is 9.67. The second kappa shape index (κ2) is 16.9. The molecule has 12 aromatic carbocycles. The molecule has 15 aromatic rings. The predicted octanol–water partition coefficient (Wildman–Crippen LogP) is 19.7. The van der Waals surface area contributed by atoms with Gasteiger partial charge in [0.2, 0.25) is 0 Å². The Hall–Kier alpha value is -10.2. The molecular formula is C73H46N2O2. The molecular weight excluding hydrogens is 937 g/mol. The number of furan rings is 2. The SMILES string of the molecule is c1ccc(-c2ccc(N(c3ccc(-c4cc5c6ccccc6n(-c6ccc7oc8ccccc8c7c6)c5c5c4oc4ccccc45)cc3)c3ccc4c(c3)C(c3ccccc3)(c3ccccc3)c3ccccc3-4)cc2)cc1. The lowest BCUT2D eigenvalue weighted by molar-refractivity contribution is 0.668. The molecule has 360 valence electrons. The number of fused-ring (bicyclic) bond motifs is 13. The van der Waals surface area contributed by atoms with Gasteiger partial charge in [0.1, 0.15) is 22.3 Å². The Morgan fingerprint density at radius 3 is 1.60 bits per heavy atom. The van der Waals surface area contributed by atoms with E-state index in [1.165, 1.54) is 49.9 Å². The molecule has 0 fully saturated rings. The van der Waals surface area contributed by atoms with E-state index in [1.807, 2.05) is 12.1 Å². The molecule has 0 aliphatic heterocycles. The number of para-hydroxylation sites is 3. The van der Waals surface area contributed by atoms with E-state index >= 15 is 0 Å². The zero-order chi connectivity index (χ0) is 50.6. The Bertz CT molecular complexity index is 4740. The highest BCUT2D eigenvalue weighted by Gasteiger charge is 2.46. The van der Waals surface area contributed by atoms with Gasteiger partial charge >= 0.3 is 0 Å². The van der Waals surface area contributed by atoms with Crippen LogP contribution in [0.5, 0.6) is 0 Å². The Morgan fingerprint density at radius 2 is 0.870 bits per heavy atom. The van der Waals surface area contributed by atoms with Gasteiger partial charge in [-0.2, -0.15) is 0 Å². The summed E-state index contributed by atoms with van der Waals surface area (Å²) in [5.41, 5.74) is 21.4. The first-order valence-corrected chi connectivity index (χ1v) is 26.4. The quantitative estimate of drug-likeness (QED) is 0.152. The molecule has 4 heteroatoms. The van der Waals surface area contributed by atoms with Gasteiger partial charge in [0.15, 0.2) is 0 Å². The van der Waals surface area contributed by atoms with Gasteiger partial charge in [-0.3, -0.25) is 0 Å². The fourth-order valence-electron chi connectivity index (χ4n) is 12.9. The van der Waals surface area contributed by atoms with Gasteiger partial charge in [-0.15, -0.1) is 0 Å². The molecule has 3 heterocycles. The number of hydrogen-bond acceptors (Lipinski definition) is 3. The highest BCUT2D eigenvalue weighted by molar-refractivity contribution is 6.27. The van der Waals surface area contributed by atoms with Crippen LogP contribution in [0.2, 0.25) is 0 Å². The van der Waals surface area contributed by atoms with Crippen LogP contribution in [0.25, 0.3) is 105 Å². The van der Waals surface area contributed by atoms with Gasteiger partial charge in [-0.25, -0.2) is 0 Å². The second-order valence-electron chi connectivity index (χ2n) is 20.3. The molecule has 0 saturated carbocycles.